The Bertz CT molecular complexity index is 1310. The van der Waals surface area contributed by atoms with Gasteiger partial charge in [0, 0.05) is 32.3 Å². The highest BCUT2D eigenvalue weighted by molar-refractivity contribution is 5.97. The van der Waals surface area contributed by atoms with Gasteiger partial charge >= 0.3 is 0 Å². The van der Waals surface area contributed by atoms with Gasteiger partial charge in [-0.1, -0.05) is 42.0 Å². The first-order chi connectivity index (χ1) is 19.0. The van der Waals surface area contributed by atoms with E-state index in [-0.39, 0.29) is 11.7 Å². The van der Waals surface area contributed by atoms with Crippen LogP contribution in [0.25, 0.3) is 0 Å². The van der Waals surface area contributed by atoms with Gasteiger partial charge in [0.15, 0.2) is 5.78 Å². The van der Waals surface area contributed by atoms with Crippen LogP contribution in [-0.2, 0) is 6.54 Å². The number of piperidine rings is 2. The number of aromatic nitrogens is 1. The van der Waals surface area contributed by atoms with Crippen molar-refractivity contribution in [1.29, 1.82) is 5.26 Å². The molecule has 0 radical (unpaired) electrons. The van der Waals surface area contributed by atoms with Crippen LogP contribution in [0, 0.1) is 24.2 Å². The molecule has 200 valence electrons. The molecule has 2 aliphatic rings. The number of rotatable bonds is 7. The molecule has 39 heavy (non-hydrogen) atoms. The average Bonchev–Trinajstić information content (AvgIpc) is 2.99. The molecular weight excluding hydrogens is 484 g/mol. The lowest BCUT2D eigenvalue weighted by Crippen LogP contribution is -2.38. The van der Waals surface area contributed by atoms with E-state index in [4.69, 9.17) is 5.26 Å². The number of carbonyl (C=O) groups is 2. The third-order valence-electron chi connectivity index (χ3n) is 8.30. The Kier molecular flexibility index (Phi) is 8.48. The van der Waals surface area contributed by atoms with Crippen LogP contribution < -0.4 is 0 Å². The summed E-state index contributed by atoms with van der Waals surface area (Å²) in [6.45, 7) is 6.36. The van der Waals surface area contributed by atoms with Gasteiger partial charge in [0.05, 0.1) is 17.2 Å². The third kappa shape index (κ3) is 6.79. The number of hydrogen-bond acceptors (Lipinski definition) is 5. The van der Waals surface area contributed by atoms with Crippen molar-refractivity contribution >= 4 is 11.7 Å². The Labute approximate surface area is 231 Å². The summed E-state index contributed by atoms with van der Waals surface area (Å²) in [5, 5.41) is 8.96. The van der Waals surface area contributed by atoms with E-state index in [2.05, 4.69) is 47.1 Å². The Morgan fingerprint density at radius 1 is 0.897 bits per heavy atom. The molecule has 6 nitrogen and oxygen atoms in total. The first-order valence-corrected chi connectivity index (χ1v) is 14.0. The van der Waals surface area contributed by atoms with E-state index in [1.54, 1.807) is 18.3 Å². The second-order valence-corrected chi connectivity index (χ2v) is 11.1. The van der Waals surface area contributed by atoms with E-state index in [1.165, 1.54) is 16.7 Å². The first-order valence-electron chi connectivity index (χ1n) is 14.0. The predicted molar refractivity (Wildman–Crippen MR) is 151 cm³/mol. The van der Waals surface area contributed by atoms with Crippen molar-refractivity contribution in [3.63, 3.8) is 0 Å². The molecule has 2 saturated heterocycles. The SMILES string of the molecule is Cc1ccc(C2CCN(C(=O)c3ccc(C(=O)CC4CCN(Cc5ccc(C#N)cc5)CC4)nc3)CC2)cc1. The predicted octanol–water partition coefficient (Wildman–Crippen LogP) is 5.77. The minimum absolute atomic E-state index is 0.00140. The van der Waals surface area contributed by atoms with E-state index < -0.39 is 0 Å². The summed E-state index contributed by atoms with van der Waals surface area (Å²) in [6.07, 6.45) is 5.96. The Morgan fingerprint density at radius 2 is 1.59 bits per heavy atom. The maximum Gasteiger partial charge on any atom is 0.255 e. The number of aryl methyl sites for hydroxylation is 1. The first kappa shape index (κ1) is 26.8. The number of benzene rings is 2. The van der Waals surface area contributed by atoms with E-state index in [0.29, 0.717) is 35.1 Å². The number of ketones is 1. The molecule has 0 spiro atoms. The molecule has 0 aliphatic carbocycles. The van der Waals surface area contributed by atoms with Gasteiger partial charge in [-0.05, 0) is 92.9 Å². The van der Waals surface area contributed by atoms with Crippen LogP contribution in [-0.4, -0.2) is 52.7 Å². The summed E-state index contributed by atoms with van der Waals surface area (Å²) in [5.41, 5.74) is 5.51. The lowest BCUT2D eigenvalue weighted by molar-refractivity contribution is 0.0711. The zero-order valence-corrected chi connectivity index (χ0v) is 22.7. The molecule has 1 amide bonds. The average molecular weight is 521 g/mol. The molecule has 2 fully saturated rings. The summed E-state index contributed by atoms with van der Waals surface area (Å²) in [6, 6.07) is 22.1. The standard InChI is InChI=1S/C33H36N4O2/c1-24-2-8-28(9-3-24)29-14-18-37(19-15-29)33(39)30-10-11-31(35-22-30)32(38)20-25-12-16-36(17-13-25)23-27-6-4-26(21-34)5-7-27/h2-11,22,25,29H,12-20,23H2,1H3. The fraction of sp³-hybridized carbons (Fsp3) is 0.394. The van der Waals surface area contributed by atoms with Crippen molar-refractivity contribution in [2.75, 3.05) is 26.2 Å². The molecule has 0 unspecified atom stereocenters. The highest BCUT2D eigenvalue weighted by Gasteiger charge is 2.26. The van der Waals surface area contributed by atoms with Gasteiger partial charge in [-0.2, -0.15) is 5.26 Å². The lowest BCUT2D eigenvalue weighted by Gasteiger charge is -2.32. The number of likely N-dealkylation sites (tertiary alicyclic amines) is 2. The molecule has 3 heterocycles. The Hall–Kier alpha value is -3.82. The molecule has 0 bridgehead atoms. The summed E-state index contributed by atoms with van der Waals surface area (Å²) in [5.74, 6) is 0.903. The molecule has 0 N–H and O–H groups in total. The normalized spacial score (nSPS) is 17.1. The molecule has 3 aromatic rings. The van der Waals surface area contributed by atoms with Crippen molar-refractivity contribution in [2.24, 2.45) is 5.92 Å². The van der Waals surface area contributed by atoms with Gasteiger partial charge in [0.1, 0.15) is 5.69 Å². The van der Waals surface area contributed by atoms with Gasteiger partial charge in [-0.25, -0.2) is 0 Å². The van der Waals surface area contributed by atoms with Crippen molar-refractivity contribution in [3.05, 3.63) is 100 Å². The monoisotopic (exact) mass is 520 g/mol. The van der Waals surface area contributed by atoms with Gasteiger partial charge in [-0.3, -0.25) is 19.5 Å². The van der Waals surface area contributed by atoms with E-state index in [1.807, 2.05) is 29.2 Å². The Morgan fingerprint density at radius 3 is 2.21 bits per heavy atom. The lowest BCUT2D eigenvalue weighted by atomic mass is 9.89. The number of amides is 1. The molecule has 1 aromatic heterocycles. The Balaban J connectivity index is 1.07. The summed E-state index contributed by atoms with van der Waals surface area (Å²) in [4.78, 5) is 34.7. The van der Waals surface area contributed by atoms with Gasteiger partial charge in [0.2, 0.25) is 0 Å². The van der Waals surface area contributed by atoms with Crippen LogP contribution in [0.1, 0.15) is 81.1 Å². The number of carbonyl (C=O) groups excluding carboxylic acids is 2. The molecule has 5 rings (SSSR count). The maximum atomic E-state index is 13.1. The molecule has 2 aliphatic heterocycles. The fourth-order valence-corrected chi connectivity index (χ4v) is 5.78. The molecule has 0 saturated carbocycles. The van der Waals surface area contributed by atoms with Crippen molar-refractivity contribution in [1.82, 2.24) is 14.8 Å². The fourth-order valence-electron chi connectivity index (χ4n) is 5.78. The van der Waals surface area contributed by atoms with Gasteiger partial charge in [0.25, 0.3) is 5.91 Å². The number of pyridine rings is 1. The molecule has 2 aromatic carbocycles. The number of nitriles is 1. The number of nitrogens with zero attached hydrogens (tertiary/aromatic N) is 4. The molecule has 0 atom stereocenters. The van der Waals surface area contributed by atoms with Gasteiger partial charge < -0.3 is 4.90 Å². The van der Waals surface area contributed by atoms with E-state index in [0.717, 1.165) is 58.4 Å². The third-order valence-corrected chi connectivity index (χ3v) is 8.30. The summed E-state index contributed by atoms with van der Waals surface area (Å²) < 4.78 is 0. The van der Waals surface area contributed by atoms with Crippen LogP contribution >= 0.6 is 0 Å². The van der Waals surface area contributed by atoms with Crippen LogP contribution in [0.15, 0.2) is 66.9 Å². The number of Topliss-reactive ketones (excluding diaryl/α,β-unsaturated/α-hetero) is 1. The second-order valence-electron chi connectivity index (χ2n) is 11.1. The van der Waals surface area contributed by atoms with Gasteiger partial charge in [-0.15, -0.1) is 0 Å². The van der Waals surface area contributed by atoms with Crippen LogP contribution in [0.3, 0.4) is 0 Å². The van der Waals surface area contributed by atoms with E-state index in [9.17, 15) is 9.59 Å². The number of hydrogen-bond donors (Lipinski definition) is 0. The van der Waals surface area contributed by atoms with Crippen molar-refractivity contribution < 1.29 is 9.59 Å². The molecular formula is C33H36N4O2. The van der Waals surface area contributed by atoms with Crippen molar-refractivity contribution in [3.8, 4) is 6.07 Å². The van der Waals surface area contributed by atoms with Crippen LogP contribution in [0.4, 0.5) is 0 Å². The minimum Gasteiger partial charge on any atom is -0.339 e. The molecule has 6 heteroatoms. The second kappa shape index (κ2) is 12.4. The zero-order valence-electron chi connectivity index (χ0n) is 22.7. The van der Waals surface area contributed by atoms with Crippen LogP contribution in [0.2, 0.25) is 0 Å². The zero-order chi connectivity index (χ0) is 27.2. The summed E-state index contributed by atoms with van der Waals surface area (Å²) in [7, 11) is 0. The smallest absolute Gasteiger partial charge is 0.255 e. The topological polar surface area (TPSA) is 77.3 Å². The highest BCUT2D eigenvalue weighted by atomic mass is 16.2. The quantitative estimate of drug-likeness (QED) is 0.370. The summed E-state index contributed by atoms with van der Waals surface area (Å²) >= 11 is 0. The van der Waals surface area contributed by atoms with Crippen molar-refractivity contribution in [2.45, 2.75) is 51.5 Å². The maximum absolute atomic E-state index is 13.1. The minimum atomic E-state index is -0.00140. The largest absolute Gasteiger partial charge is 0.339 e. The van der Waals surface area contributed by atoms with E-state index >= 15 is 0 Å². The van der Waals surface area contributed by atoms with Crippen LogP contribution in [0.5, 0.6) is 0 Å². The highest BCUT2D eigenvalue weighted by Crippen LogP contribution is 2.29.